The monoisotopic (exact) mass is 281 g/mol. The Balaban J connectivity index is 2.19. The molecule has 20 heavy (non-hydrogen) atoms. The topological polar surface area (TPSA) is 51.8 Å². The molecule has 0 aliphatic carbocycles. The Morgan fingerprint density at radius 3 is 2.25 bits per heavy atom. The molecule has 4 heteroatoms. The minimum atomic E-state index is 0.265. The first-order valence-electron chi connectivity index (χ1n) is 6.18. The maximum absolute atomic E-state index is 5.93. The Labute approximate surface area is 122 Å². The summed E-state index contributed by atoms with van der Waals surface area (Å²) >= 11 is 5.93. The van der Waals surface area contributed by atoms with Crippen molar-refractivity contribution < 1.29 is 0 Å². The number of benzene rings is 2. The molecule has 0 bridgehead atoms. The Hall–Kier alpha value is -2.39. The molecule has 0 unspecified atom stereocenters. The van der Waals surface area contributed by atoms with E-state index in [0.29, 0.717) is 5.02 Å². The number of nitrogens with zero attached hydrogens (tertiary/aromatic N) is 2. The van der Waals surface area contributed by atoms with Crippen molar-refractivity contribution in [3.8, 4) is 22.4 Å². The molecule has 0 atom stereocenters. The molecule has 0 saturated heterocycles. The Bertz CT molecular complexity index is 724. The predicted molar refractivity (Wildman–Crippen MR) is 82.3 cm³/mol. The van der Waals surface area contributed by atoms with Crippen LogP contribution >= 0.6 is 11.6 Å². The van der Waals surface area contributed by atoms with Crippen LogP contribution in [0.1, 0.15) is 0 Å². The van der Waals surface area contributed by atoms with Gasteiger partial charge in [0.2, 0.25) is 5.95 Å². The van der Waals surface area contributed by atoms with Gasteiger partial charge in [-0.1, -0.05) is 54.1 Å². The van der Waals surface area contributed by atoms with E-state index >= 15 is 0 Å². The number of hydrogen-bond acceptors (Lipinski definition) is 3. The van der Waals surface area contributed by atoms with Crippen LogP contribution in [-0.2, 0) is 0 Å². The molecule has 0 amide bonds. The highest BCUT2D eigenvalue weighted by molar-refractivity contribution is 6.30. The fourth-order valence-corrected chi connectivity index (χ4v) is 2.18. The molecule has 0 saturated carbocycles. The van der Waals surface area contributed by atoms with Crippen LogP contribution < -0.4 is 5.73 Å². The van der Waals surface area contributed by atoms with Crippen molar-refractivity contribution >= 4 is 17.5 Å². The molecular weight excluding hydrogens is 270 g/mol. The lowest BCUT2D eigenvalue weighted by molar-refractivity contribution is 1.19. The molecule has 3 nitrogen and oxygen atoms in total. The summed E-state index contributed by atoms with van der Waals surface area (Å²) in [5, 5.41) is 0.700. The number of rotatable bonds is 2. The molecule has 2 N–H and O–H groups in total. The molecule has 0 spiro atoms. The van der Waals surface area contributed by atoms with Crippen molar-refractivity contribution in [2.45, 2.75) is 0 Å². The average Bonchev–Trinajstić information content (AvgIpc) is 2.49. The van der Waals surface area contributed by atoms with Crippen LogP contribution in [0.25, 0.3) is 22.4 Å². The zero-order chi connectivity index (χ0) is 13.9. The number of anilines is 1. The highest BCUT2D eigenvalue weighted by Gasteiger charge is 2.10. The number of halogens is 1. The van der Waals surface area contributed by atoms with Crippen LogP contribution in [0.2, 0.25) is 5.02 Å². The van der Waals surface area contributed by atoms with Gasteiger partial charge in [-0.2, -0.15) is 0 Å². The van der Waals surface area contributed by atoms with Crippen LogP contribution in [0, 0.1) is 0 Å². The van der Waals surface area contributed by atoms with Gasteiger partial charge in [0.25, 0.3) is 0 Å². The minimum absolute atomic E-state index is 0.265. The van der Waals surface area contributed by atoms with Crippen molar-refractivity contribution in [3.05, 3.63) is 65.8 Å². The Kier molecular flexibility index (Phi) is 3.35. The maximum Gasteiger partial charge on any atom is 0.220 e. The number of nitrogens with two attached hydrogens (primary N) is 1. The van der Waals surface area contributed by atoms with E-state index in [1.807, 2.05) is 54.6 Å². The molecule has 1 heterocycles. The summed E-state index contributed by atoms with van der Waals surface area (Å²) in [6, 6.07) is 17.5. The molecule has 0 aliphatic rings. The summed E-state index contributed by atoms with van der Waals surface area (Å²) in [6.45, 7) is 0. The average molecular weight is 282 g/mol. The van der Waals surface area contributed by atoms with Gasteiger partial charge in [-0.15, -0.1) is 0 Å². The van der Waals surface area contributed by atoms with Gasteiger partial charge in [0.15, 0.2) is 0 Å². The van der Waals surface area contributed by atoms with Gasteiger partial charge in [-0.25, -0.2) is 9.97 Å². The summed E-state index contributed by atoms with van der Waals surface area (Å²) in [7, 11) is 0. The second-order valence-corrected chi connectivity index (χ2v) is 4.80. The van der Waals surface area contributed by atoms with Crippen LogP contribution in [0.4, 0.5) is 5.95 Å². The Morgan fingerprint density at radius 2 is 1.55 bits per heavy atom. The smallest absolute Gasteiger partial charge is 0.220 e. The molecule has 3 rings (SSSR count). The summed E-state index contributed by atoms with van der Waals surface area (Å²) in [5.74, 6) is 0.265. The van der Waals surface area contributed by atoms with E-state index in [1.54, 1.807) is 6.20 Å². The number of aromatic nitrogens is 2. The molecule has 0 aliphatic heterocycles. The van der Waals surface area contributed by atoms with Crippen LogP contribution in [0.3, 0.4) is 0 Å². The van der Waals surface area contributed by atoms with E-state index in [9.17, 15) is 0 Å². The third-order valence-electron chi connectivity index (χ3n) is 3.01. The van der Waals surface area contributed by atoms with Crippen LogP contribution in [0.15, 0.2) is 60.8 Å². The SMILES string of the molecule is Nc1ncc(-c2ccc(Cl)cc2)c(-c2ccccc2)n1. The largest absolute Gasteiger partial charge is 0.368 e. The first kappa shape index (κ1) is 12.6. The lowest BCUT2D eigenvalue weighted by Gasteiger charge is -2.09. The van der Waals surface area contributed by atoms with E-state index in [1.165, 1.54) is 0 Å². The summed E-state index contributed by atoms with van der Waals surface area (Å²) < 4.78 is 0. The van der Waals surface area contributed by atoms with Gasteiger partial charge in [-0.3, -0.25) is 0 Å². The molecule has 98 valence electrons. The van der Waals surface area contributed by atoms with Crippen molar-refractivity contribution in [2.75, 3.05) is 5.73 Å². The summed E-state index contributed by atoms with van der Waals surface area (Å²) in [4.78, 5) is 8.47. The van der Waals surface area contributed by atoms with E-state index in [2.05, 4.69) is 9.97 Å². The Morgan fingerprint density at radius 1 is 0.850 bits per heavy atom. The van der Waals surface area contributed by atoms with Gasteiger partial charge in [0.05, 0.1) is 5.69 Å². The molecule has 2 aromatic carbocycles. The van der Waals surface area contributed by atoms with E-state index in [-0.39, 0.29) is 5.95 Å². The van der Waals surface area contributed by atoms with Gasteiger partial charge in [0.1, 0.15) is 0 Å². The van der Waals surface area contributed by atoms with Crippen molar-refractivity contribution in [1.82, 2.24) is 9.97 Å². The predicted octanol–water partition coefficient (Wildman–Crippen LogP) is 4.05. The third-order valence-corrected chi connectivity index (χ3v) is 3.26. The number of nitrogen functional groups attached to an aromatic ring is 1. The molecule has 1 aromatic heterocycles. The maximum atomic E-state index is 5.93. The van der Waals surface area contributed by atoms with Crippen LogP contribution in [-0.4, -0.2) is 9.97 Å². The van der Waals surface area contributed by atoms with Crippen LogP contribution in [0.5, 0.6) is 0 Å². The molecule has 0 radical (unpaired) electrons. The number of hydrogen-bond donors (Lipinski definition) is 1. The first-order chi connectivity index (χ1) is 9.74. The van der Waals surface area contributed by atoms with Crippen molar-refractivity contribution in [2.24, 2.45) is 0 Å². The zero-order valence-corrected chi connectivity index (χ0v) is 11.4. The highest BCUT2D eigenvalue weighted by Crippen LogP contribution is 2.30. The second kappa shape index (κ2) is 5.31. The zero-order valence-electron chi connectivity index (χ0n) is 10.6. The highest BCUT2D eigenvalue weighted by atomic mass is 35.5. The van der Waals surface area contributed by atoms with Gasteiger partial charge in [0, 0.05) is 22.3 Å². The van der Waals surface area contributed by atoms with E-state index < -0.39 is 0 Å². The molecule has 3 aromatic rings. The normalized spacial score (nSPS) is 10.4. The van der Waals surface area contributed by atoms with Gasteiger partial charge < -0.3 is 5.73 Å². The van der Waals surface area contributed by atoms with Gasteiger partial charge in [-0.05, 0) is 17.7 Å². The van der Waals surface area contributed by atoms with Crippen molar-refractivity contribution in [1.29, 1.82) is 0 Å². The fourth-order valence-electron chi connectivity index (χ4n) is 2.05. The summed E-state index contributed by atoms with van der Waals surface area (Å²) in [5.41, 5.74) is 9.49. The molecule has 0 fully saturated rings. The van der Waals surface area contributed by atoms with Gasteiger partial charge >= 0.3 is 0 Å². The third kappa shape index (κ3) is 2.49. The fraction of sp³-hybridized carbons (Fsp3) is 0. The second-order valence-electron chi connectivity index (χ2n) is 4.36. The first-order valence-corrected chi connectivity index (χ1v) is 6.56. The lowest BCUT2D eigenvalue weighted by atomic mass is 10.0. The van der Waals surface area contributed by atoms with E-state index in [0.717, 1.165) is 22.4 Å². The minimum Gasteiger partial charge on any atom is -0.368 e. The van der Waals surface area contributed by atoms with Crippen molar-refractivity contribution in [3.63, 3.8) is 0 Å². The molecular formula is C16H12ClN3. The standard InChI is InChI=1S/C16H12ClN3/c17-13-8-6-11(7-9-13)14-10-19-16(18)20-15(14)12-4-2-1-3-5-12/h1-10H,(H2,18,19,20). The summed E-state index contributed by atoms with van der Waals surface area (Å²) in [6.07, 6.45) is 1.74. The quantitative estimate of drug-likeness (QED) is 0.771. The van der Waals surface area contributed by atoms with E-state index in [4.69, 9.17) is 17.3 Å². The lowest BCUT2D eigenvalue weighted by Crippen LogP contribution is -1.98.